The Labute approximate surface area is 85.1 Å². The fourth-order valence-electron chi connectivity index (χ4n) is 1.82. The third-order valence-corrected chi connectivity index (χ3v) is 2.59. The number of aliphatic hydroxyl groups is 1. The molecule has 0 aromatic carbocycles. The number of carbonyl (C=O) groups is 1. The van der Waals surface area contributed by atoms with Crippen LogP contribution in [-0.2, 0) is 0 Å². The average Bonchev–Trinajstić information content (AvgIpc) is 2.48. The molecular formula is C10H20N2O2. The summed E-state index contributed by atoms with van der Waals surface area (Å²) in [5.74, 6) is 0.720. The summed E-state index contributed by atoms with van der Waals surface area (Å²) in [6, 6.07) is 0.156. The largest absolute Gasteiger partial charge is 0.392 e. The van der Waals surface area contributed by atoms with Crippen molar-refractivity contribution in [1.82, 2.24) is 10.6 Å². The molecular weight excluding hydrogens is 180 g/mol. The molecule has 3 N–H and O–H groups in total. The molecule has 2 amide bonds. The number of hydrogen-bond donors (Lipinski definition) is 3. The summed E-state index contributed by atoms with van der Waals surface area (Å²) in [5, 5.41) is 14.5. The van der Waals surface area contributed by atoms with Crippen molar-refractivity contribution in [3.8, 4) is 0 Å². The summed E-state index contributed by atoms with van der Waals surface area (Å²) in [5.41, 5.74) is 0. The minimum Gasteiger partial charge on any atom is -0.392 e. The van der Waals surface area contributed by atoms with Crippen LogP contribution in [0.4, 0.5) is 4.79 Å². The number of rotatable bonds is 3. The Morgan fingerprint density at radius 2 is 2.29 bits per heavy atom. The van der Waals surface area contributed by atoms with Gasteiger partial charge in [-0.1, -0.05) is 6.92 Å². The van der Waals surface area contributed by atoms with Gasteiger partial charge in [0, 0.05) is 12.6 Å². The molecule has 0 heterocycles. The van der Waals surface area contributed by atoms with Gasteiger partial charge in [0.15, 0.2) is 0 Å². The van der Waals surface area contributed by atoms with Gasteiger partial charge in [0.1, 0.15) is 0 Å². The quantitative estimate of drug-likeness (QED) is 0.632. The standard InChI is InChI=1S/C10H20N2O2/c1-7-3-4-9(5-7)12-10(14)11-6-8(2)13/h7-9,13H,3-6H2,1-2H3,(H2,11,12,14)/t7?,8-,9?/m0/s1. The van der Waals surface area contributed by atoms with Gasteiger partial charge in [-0.3, -0.25) is 0 Å². The topological polar surface area (TPSA) is 61.4 Å². The van der Waals surface area contributed by atoms with Gasteiger partial charge in [-0.15, -0.1) is 0 Å². The second-order valence-corrected chi connectivity index (χ2v) is 4.32. The molecule has 0 aromatic rings. The van der Waals surface area contributed by atoms with Gasteiger partial charge in [0.2, 0.25) is 0 Å². The minimum atomic E-state index is -0.483. The lowest BCUT2D eigenvalue weighted by Crippen LogP contribution is -2.43. The number of amides is 2. The predicted octanol–water partition coefficient (Wildman–Crippen LogP) is 0.855. The summed E-state index contributed by atoms with van der Waals surface area (Å²) in [6.45, 7) is 4.17. The van der Waals surface area contributed by atoms with Crippen molar-refractivity contribution in [3.63, 3.8) is 0 Å². The van der Waals surface area contributed by atoms with Crippen molar-refractivity contribution in [2.45, 2.75) is 45.3 Å². The molecule has 2 unspecified atom stereocenters. The first-order chi connectivity index (χ1) is 6.58. The van der Waals surface area contributed by atoms with Crippen LogP contribution in [0.15, 0.2) is 0 Å². The molecule has 0 saturated heterocycles. The van der Waals surface area contributed by atoms with E-state index in [9.17, 15) is 4.79 Å². The Balaban J connectivity index is 2.14. The van der Waals surface area contributed by atoms with Gasteiger partial charge in [0.05, 0.1) is 6.10 Å². The minimum absolute atomic E-state index is 0.162. The first-order valence-electron chi connectivity index (χ1n) is 5.30. The van der Waals surface area contributed by atoms with Crippen LogP contribution in [0.1, 0.15) is 33.1 Å². The lowest BCUT2D eigenvalue weighted by Gasteiger charge is -2.14. The lowest BCUT2D eigenvalue weighted by atomic mass is 10.1. The number of nitrogens with one attached hydrogen (secondary N) is 2. The van der Waals surface area contributed by atoms with Crippen molar-refractivity contribution in [3.05, 3.63) is 0 Å². The Hall–Kier alpha value is -0.770. The van der Waals surface area contributed by atoms with E-state index in [-0.39, 0.29) is 6.03 Å². The van der Waals surface area contributed by atoms with E-state index in [1.54, 1.807) is 6.92 Å². The summed E-state index contributed by atoms with van der Waals surface area (Å²) in [4.78, 5) is 11.3. The van der Waals surface area contributed by atoms with Crippen LogP contribution in [0.3, 0.4) is 0 Å². The number of carbonyl (C=O) groups excluding carboxylic acids is 1. The highest BCUT2D eigenvalue weighted by Gasteiger charge is 2.22. The van der Waals surface area contributed by atoms with Crippen molar-refractivity contribution in [2.75, 3.05) is 6.54 Å². The van der Waals surface area contributed by atoms with E-state index in [2.05, 4.69) is 17.6 Å². The molecule has 0 radical (unpaired) electrons. The van der Waals surface area contributed by atoms with Crippen molar-refractivity contribution >= 4 is 6.03 Å². The van der Waals surface area contributed by atoms with Gasteiger partial charge in [-0.05, 0) is 32.1 Å². The van der Waals surface area contributed by atoms with E-state index in [0.717, 1.165) is 18.8 Å². The van der Waals surface area contributed by atoms with Gasteiger partial charge in [-0.2, -0.15) is 0 Å². The van der Waals surface area contributed by atoms with Gasteiger partial charge in [0.25, 0.3) is 0 Å². The maximum atomic E-state index is 11.3. The van der Waals surface area contributed by atoms with E-state index in [1.807, 2.05) is 0 Å². The predicted molar refractivity (Wildman–Crippen MR) is 55.0 cm³/mol. The Bertz CT molecular complexity index is 195. The molecule has 0 spiro atoms. The third kappa shape index (κ3) is 3.96. The highest BCUT2D eigenvalue weighted by atomic mass is 16.3. The van der Waals surface area contributed by atoms with Crippen LogP contribution in [0, 0.1) is 5.92 Å². The van der Waals surface area contributed by atoms with E-state index >= 15 is 0 Å². The van der Waals surface area contributed by atoms with E-state index < -0.39 is 6.10 Å². The molecule has 1 aliphatic rings. The molecule has 1 rings (SSSR count). The van der Waals surface area contributed by atoms with E-state index in [0.29, 0.717) is 12.6 Å². The summed E-state index contributed by atoms with van der Waals surface area (Å²) < 4.78 is 0. The molecule has 14 heavy (non-hydrogen) atoms. The average molecular weight is 200 g/mol. The Morgan fingerprint density at radius 3 is 2.79 bits per heavy atom. The number of urea groups is 1. The summed E-state index contributed by atoms with van der Waals surface area (Å²) in [6.07, 6.45) is 2.86. The van der Waals surface area contributed by atoms with Crippen LogP contribution < -0.4 is 10.6 Å². The van der Waals surface area contributed by atoms with Crippen LogP contribution >= 0.6 is 0 Å². The monoisotopic (exact) mass is 200 g/mol. The molecule has 0 aromatic heterocycles. The zero-order valence-electron chi connectivity index (χ0n) is 8.92. The zero-order chi connectivity index (χ0) is 10.6. The second kappa shape index (κ2) is 5.20. The smallest absolute Gasteiger partial charge is 0.315 e. The number of hydrogen-bond acceptors (Lipinski definition) is 2. The zero-order valence-corrected chi connectivity index (χ0v) is 8.92. The van der Waals surface area contributed by atoms with Gasteiger partial charge in [-0.25, -0.2) is 4.79 Å². The maximum Gasteiger partial charge on any atom is 0.315 e. The fourth-order valence-corrected chi connectivity index (χ4v) is 1.82. The SMILES string of the molecule is CC1CCC(NC(=O)NC[C@H](C)O)C1. The molecule has 0 aliphatic heterocycles. The van der Waals surface area contributed by atoms with E-state index in [1.165, 1.54) is 6.42 Å². The number of aliphatic hydroxyl groups excluding tert-OH is 1. The molecule has 4 heteroatoms. The van der Waals surface area contributed by atoms with Crippen molar-refractivity contribution < 1.29 is 9.90 Å². The lowest BCUT2D eigenvalue weighted by molar-refractivity contribution is 0.186. The first kappa shape index (κ1) is 11.3. The normalized spacial score (nSPS) is 28.5. The highest BCUT2D eigenvalue weighted by Crippen LogP contribution is 2.24. The van der Waals surface area contributed by atoms with Crippen LogP contribution in [0.2, 0.25) is 0 Å². The first-order valence-corrected chi connectivity index (χ1v) is 5.30. The van der Waals surface area contributed by atoms with Gasteiger partial charge < -0.3 is 15.7 Å². The highest BCUT2D eigenvalue weighted by molar-refractivity contribution is 5.74. The van der Waals surface area contributed by atoms with Crippen LogP contribution in [-0.4, -0.2) is 29.8 Å². The van der Waals surface area contributed by atoms with E-state index in [4.69, 9.17) is 5.11 Å². The Kier molecular flexibility index (Phi) is 4.20. The van der Waals surface area contributed by atoms with Gasteiger partial charge >= 0.3 is 6.03 Å². The molecule has 82 valence electrons. The van der Waals surface area contributed by atoms with Crippen molar-refractivity contribution in [2.24, 2.45) is 5.92 Å². The molecule has 1 fully saturated rings. The molecule has 1 saturated carbocycles. The molecule has 3 atom stereocenters. The molecule has 0 bridgehead atoms. The molecule has 1 aliphatic carbocycles. The second-order valence-electron chi connectivity index (χ2n) is 4.32. The third-order valence-electron chi connectivity index (χ3n) is 2.59. The summed E-state index contributed by atoms with van der Waals surface area (Å²) in [7, 11) is 0. The van der Waals surface area contributed by atoms with Crippen LogP contribution in [0.25, 0.3) is 0 Å². The Morgan fingerprint density at radius 1 is 1.57 bits per heavy atom. The van der Waals surface area contributed by atoms with Crippen LogP contribution in [0.5, 0.6) is 0 Å². The molecule has 4 nitrogen and oxygen atoms in total. The summed E-state index contributed by atoms with van der Waals surface area (Å²) >= 11 is 0. The maximum absolute atomic E-state index is 11.3. The van der Waals surface area contributed by atoms with Crippen molar-refractivity contribution in [1.29, 1.82) is 0 Å². The fraction of sp³-hybridized carbons (Fsp3) is 0.900.